The van der Waals surface area contributed by atoms with E-state index >= 15 is 0 Å². The highest BCUT2D eigenvalue weighted by atomic mass is 35.5. The summed E-state index contributed by atoms with van der Waals surface area (Å²) in [6, 6.07) is 0.788. The summed E-state index contributed by atoms with van der Waals surface area (Å²) in [5.41, 5.74) is 0.547. The molecule has 2 fully saturated rings. The second-order valence-corrected chi connectivity index (χ2v) is 8.54. The number of halogens is 2. The number of carbonyl (C=O) groups excluding carboxylic acids is 1. The van der Waals surface area contributed by atoms with Crippen LogP contribution in [0.25, 0.3) is 0 Å². The van der Waals surface area contributed by atoms with Crippen LogP contribution in [0.4, 0.5) is 0 Å². The Labute approximate surface area is 168 Å². The van der Waals surface area contributed by atoms with Crippen LogP contribution in [0.15, 0.2) is 0 Å². The Balaban J connectivity index is 0.00000288. The predicted octanol–water partition coefficient (Wildman–Crippen LogP) is 4.41. The molecule has 0 amide bonds. The van der Waals surface area contributed by atoms with Gasteiger partial charge >= 0.3 is 8.05 Å². The topological polar surface area (TPSA) is 29.5 Å². The van der Waals surface area contributed by atoms with Crippen LogP contribution >= 0.6 is 24.8 Å². The summed E-state index contributed by atoms with van der Waals surface area (Å²) < 4.78 is 5.08. The van der Waals surface area contributed by atoms with Gasteiger partial charge in [0.1, 0.15) is 0 Å². The van der Waals surface area contributed by atoms with E-state index in [9.17, 15) is 4.79 Å². The van der Waals surface area contributed by atoms with Crippen LogP contribution in [0.2, 0.25) is 0 Å². The van der Waals surface area contributed by atoms with Crippen LogP contribution in [0, 0.1) is 17.3 Å². The fourth-order valence-corrected chi connectivity index (χ4v) is 4.56. The van der Waals surface area contributed by atoms with E-state index in [0.717, 1.165) is 25.3 Å². The first kappa shape index (κ1) is 25.1. The number of hydrogen-bond donors (Lipinski definition) is 0. The van der Waals surface area contributed by atoms with Crippen molar-refractivity contribution >= 4 is 38.8 Å². The molecule has 1 atom stereocenters. The Hall–Kier alpha value is 0.0749. The number of rotatable bonds is 6. The third-order valence-corrected chi connectivity index (χ3v) is 6.34. The van der Waals surface area contributed by atoms with Crippen LogP contribution in [0.3, 0.4) is 0 Å². The summed E-state index contributed by atoms with van der Waals surface area (Å²) >= 11 is 0. The molecule has 2 aliphatic rings. The van der Waals surface area contributed by atoms with Gasteiger partial charge in [0.25, 0.3) is 5.97 Å². The van der Waals surface area contributed by atoms with Gasteiger partial charge in [-0.15, -0.1) is 24.8 Å². The highest BCUT2D eigenvalue weighted by molar-refractivity contribution is 6.05. The molecule has 1 aliphatic carbocycles. The van der Waals surface area contributed by atoms with E-state index in [1.165, 1.54) is 51.6 Å². The molecule has 1 saturated heterocycles. The Morgan fingerprint density at radius 3 is 2.20 bits per heavy atom. The minimum atomic E-state index is 0. The van der Waals surface area contributed by atoms with Crippen molar-refractivity contribution in [1.29, 1.82) is 0 Å². The molecule has 0 spiro atoms. The smallest absolute Gasteiger partial charge is 0.325 e. The molecule has 1 aliphatic heterocycles. The van der Waals surface area contributed by atoms with Crippen molar-refractivity contribution < 1.29 is 9.45 Å². The zero-order chi connectivity index (χ0) is 16.9. The molecular formula is C19H38BCl2NO2. The lowest BCUT2D eigenvalue weighted by molar-refractivity contribution is -0.141. The summed E-state index contributed by atoms with van der Waals surface area (Å²) in [4.78, 5) is 14.8. The number of hydrogen-bond acceptors (Lipinski definition) is 3. The summed E-state index contributed by atoms with van der Waals surface area (Å²) in [5, 5.41) is 0. The Bertz CT molecular complexity index is 378. The lowest BCUT2D eigenvalue weighted by Crippen LogP contribution is -2.45. The molecule has 25 heavy (non-hydrogen) atoms. The molecular weight excluding hydrogens is 356 g/mol. The van der Waals surface area contributed by atoms with Crippen molar-refractivity contribution in [1.82, 2.24) is 4.90 Å². The highest BCUT2D eigenvalue weighted by Crippen LogP contribution is 2.38. The van der Waals surface area contributed by atoms with Crippen molar-refractivity contribution in [2.75, 3.05) is 13.1 Å². The fourth-order valence-electron chi connectivity index (χ4n) is 4.56. The first-order valence-corrected chi connectivity index (χ1v) is 9.78. The lowest BCUT2D eigenvalue weighted by atomic mass is 9.74. The minimum Gasteiger partial charge on any atom is -0.543 e. The van der Waals surface area contributed by atoms with E-state index in [1.54, 1.807) is 8.05 Å². The lowest BCUT2D eigenvalue weighted by Gasteiger charge is -2.44. The number of unbranched alkanes of at least 4 members (excludes halogenated alkanes) is 1. The number of carbonyl (C=O) groups is 1. The van der Waals surface area contributed by atoms with Crippen LogP contribution in [0.1, 0.15) is 78.6 Å². The molecule has 3 nitrogen and oxygen atoms in total. The Morgan fingerprint density at radius 2 is 1.72 bits per heavy atom. The second-order valence-electron chi connectivity index (χ2n) is 8.54. The van der Waals surface area contributed by atoms with Crippen molar-refractivity contribution in [3.05, 3.63) is 0 Å². The monoisotopic (exact) mass is 393 g/mol. The van der Waals surface area contributed by atoms with Crippen LogP contribution in [-0.2, 0) is 9.45 Å². The van der Waals surface area contributed by atoms with Gasteiger partial charge in [-0.05, 0) is 69.4 Å². The molecule has 0 N–H and O–H groups in total. The molecule has 0 aromatic heterocycles. The normalized spacial score (nSPS) is 23.2. The Morgan fingerprint density at radius 1 is 1.16 bits per heavy atom. The van der Waals surface area contributed by atoms with Crippen molar-refractivity contribution in [2.45, 2.75) is 84.6 Å². The number of likely N-dealkylation sites (tertiary alicyclic amines) is 1. The van der Waals surface area contributed by atoms with Gasteiger partial charge in [-0.1, -0.05) is 33.6 Å². The summed E-state index contributed by atoms with van der Waals surface area (Å²) in [6.45, 7) is 9.36. The Kier molecular flexibility index (Phi) is 11.8. The molecule has 2 rings (SSSR count). The van der Waals surface area contributed by atoms with Gasteiger partial charge in [0.05, 0.1) is 5.92 Å². The quantitative estimate of drug-likeness (QED) is 0.626. The van der Waals surface area contributed by atoms with Crippen LogP contribution in [0.5, 0.6) is 0 Å². The molecule has 1 heterocycles. The molecule has 1 saturated carbocycles. The molecule has 0 aromatic carbocycles. The molecule has 1 unspecified atom stereocenters. The second kappa shape index (κ2) is 11.7. The SMILES string of the molecule is BOC(=O)C(CCCC)C1CCN(C2CCC(C)(C)CC2)CC1.Cl.Cl. The van der Waals surface area contributed by atoms with Crippen molar-refractivity contribution in [3.8, 4) is 0 Å². The van der Waals surface area contributed by atoms with Gasteiger partial charge in [0.2, 0.25) is 0 Å². The van der Waals surface area contributed by atoms with Crippen molar-refractivity contribution in [2.24, 2.45) is 17.3 Å². The average Bonchev–Trinajstić information content (AvgIpc) is 2.55. The summed E-state index contributed by atoms with van der Waals surface area (Å²) in [5.74, 6) is 0.689. The maximum absolute atomic E-state index is 12.1. The van der Waals surface area contributed by atoms with E-state index in [-0.39, 0.29) is 36.7 Å². The van der Waals surface area contributed by atoms with Gasteiger partial charge in [-0.25, -0.2) is 0 Å². The van der Waals surface area contributed by atoms with Crippen LogP contribution in [-0.4, -0.2) is 38.0 Å². The molecule has 0 radical (unpaired) electrons. The van der Waals surface area contributed by atoms with Gasteiger partial charge in [-0.3, -0.25) is 4.79 Å². The number of piperidine rings is 1. The van der Waals surface area contributed by atoms with E-state index in [1.807, 2.05) is 0 Å². The van der Waals surface area contributed by atoms with Gasteiger partial charge in [0.15, 0.2) is 0 Å². The van der Waals surface area contributed by atoms with Crippen LogP contribution < -0.4 is 0 Å². The van der Waals surface area contributed by atoms with E-state index in [4.69, 9.17) is 4.65 Å². The van der Waals surface area contributed by atoms with Gasteiger partial charge < -0.3 is 9.55 Å². The van der Waals surface area contributed by atoms with E-state index in [2.05, 4.69) is 25.7 Å². The zero-order valence-corrected chi connectivity index (χ0v) is 18.2. The highest BCUT2D eigenvalue weighted by Gasteiger charge is 2.35. The maximum atomic E-state index is 12.1. The van der Waals surface area contributed by atoms with Gasteiger partial charge in [-0.2, -0.15) is 0 Å². The molecule has 6 heteroatoms. The fraction of sp³-hybridized carbons (Fsp3) is 0.947. The largest absolute Gasteiger partial charge is 0.543 e. The minimum absolute atomic E-state index is 0. The van der Waals surface area contributed by atoms with Crippen molar-refractivity contribution in [3.63, 3.8) is 0 Å². The third-order valence-electron chi connectivity index (χ3n) is 6.34. The first-order chi connectivity index (χ1) is 11.0. The number of nitrogens with zero attached hydrogens (tertiary/aromatic N) is 1. The standard InChI is InChI=1S/C19H36BNO2.2ClH/c1-4-5-6-17(18(22)23-20)15-9-13-21(14-10-15)16-7-11-19(2,3)12-8-16;;/h15-17H,4-14,20H2,1-3H3;2*1H. The summed E-state index contributed by atoms with van der Waals surface area (Å²) in [6.07, 6.45) is 11.1. The predicted molar refractivity (Wildman–Crippen MR) is 112 cm³/mol. The summed E-state index contributed by atoms with van der Waals surface area (Å²) in [7, 11) is 1.54. The molecule has 0 bridgehead atoms. The average molecular weight is 394 g/mol. The molecule has 0 aromatic rings. The maximum Gasteiger partial charge on any atom is 0.325 e. The van der Waals surface area contributed by atoms with E-state index in [0.29, 0.717) is 11.3 Å². The van der Waals surface area contributed by atoms with E-state index < -0.39 is 0 Å². The first-order valence-electron chi connectivity index (χ1n) is 9.78. The third kappa shape index (κ3) is 7.30. The van der Waals surface area contributed by atoms with Gasteiger partial charge in [0, 0.05) is 6.04 Å². The zero-order valence-electron chi connectivity index (χ0n) is 16.6. The molecule has 148 valence electrons.